The summed E-state index contributed by atoms with van der Waals surface area (Å²) in [6.45, 7) is 3.18. The molecule has 156 valence electrons. The molecule has 2 aromatic carbocycles. The first-order valence-corrected chi connectivity index (χ1v) is 12.7. The number of carbonyl (C=O) groups is 1. The van der Waals surface area contributed by atoms with Crippen LogP contribution in [0.3, 0.4) is 0 Å². The number of halogens is 1. The van der Waals surface area contributed by atoms with Gasteiger partial charge in [0.15, 0.2) is 0 Å². The van der Waals surface area contributed by atoms with Gasteiger partial charge in [0, 0.05) is 23.0 Å². The van der Waals surface area contributed by atoms with Crippen molar-refractivity contribution < 1.29 is 13.2 Å². The summed E-state index contributed by atoms with van der Waals surface area (Å²) < 4.78 is 28.6. The molecule has 1 amide bonds. The molecule has 0 spiro atoms. The predicted octanol–water partition coefficient (Wildman–Crippen LogP) is 5.19. The number of amides is 1. The van der Waals surface area contributed by atoms with E-state index in [-0.39, 0.29) is 10.8 Å². The highest BCUT2D eigenvalue weighted by Crippen LogP contribution is 2.29. The standard InChI is InChI=1S/C21H25ClN2O3S2/c1-15-18(22)8-7-9-19(15)23-29(26,27)16-10-11-20(28-2)17(14-16)21(25)24-12-5-3-4-6-13-24/h7-11,14,23H,3-6,12-13H2,1-2H3. The van der Waals surface area contributed by atoms with Crippen molar-refractivity contribution in [1.29, 1.82) is 0 Å². The number of thioether (sulfide) groups is 1. The minimum absolute atomic E-state index is 0.0628. The van der Waals surface area contributed by atoms with Crippen LogP contribution in [0.2, 0.25) is 5.02 Å². The summed E-state index contributed by atoms with van der Waals surface area (Å²) in [5.74, 6) is -0.104. The predicted molar refractivity (Wildman–Crippen MR) is 120 cm³/mol. The SMILES string of the molecule is CSc1ccc(S(=O)(=O)Nc2cccc(Cl)c2C)cc1C(=O)N1CCCCCC1. The lowest BCUT2D eigenvalue weighted by Gasteiger charge is -2.22. The summed E-state index contributed by atoms with van der Waals surface area (Å²) in [6, 6.07) is 9.79. The summed E-state index contributed by atoms with van der Waals surface area (Å²) in [7, 11) is -3.86. The molecule has 1 aliphatic heterocycles. The Balaban J connectivity index is 1.94. The van der Waals surface area contributed by atoms with Crippen molar-refractivity contribution in [2.75, 3.05) is 24.1 Å². The minimum Gasteiger partial charge on any atom is -0.339 e. The van der Waals surface area contributed by atoms with E-state index in [1.54, 1.807) is 31.2 Å². The van der Waals surface area contributed by atoms with Crippen LogP contribution in [0.4, 0.5) is 5.69 Å². The second kappa shape index (κ2) is 9.41. The molecule has 1 N–H and O–H groups in total. The van der Waals surface area contributed by atoms with Crippen molar-refractivity contribution in [1.82, 2.24) is 4.90 Å². The molecule has 1 saturated heterocycles. The van der Waals surface area contributed by atoms with Gasteiger partial charge in [0.2, 0.25) is 0 Å². The number of nitrogens with zero attached hydrogens (tertiary/aromatic N) is 1. The van der Waals surface area contributed by atoms with Gasteiger partial charge in [0.1, 0.15) is 0 Å². The van der Waals surface area contributed by atoms with E-state index in [9.17, 15) is 13.2 Å². The van der Waals surface area contributed by atoms with Crippen LogP contribution >= 0.6 is 23.4 Å². The molecular formula is C21H25ClN2O3S2. The molecular weight excluding hydrogens is 428 g/mol. The molecule has 3 rings (SSSR count). The summed E-state index contributed by atoms with van der Waals surface area (Å²) in [5.41, 5.74) is 1.51. The molecule has 8 heteroatoms. The Bertz CT molecular complexity index is 1000. The first-order valence-electron chi connectivity index (χ1n) is 9.59. The van der Waals surface area contributed by atoms with Gasteiger partial charge >= 0.3 is 0 Å². The largest absolute Gasteiger partial charge is 0.339 e. The Kier molecular flexibility index (Phi) is 7.14. The van der Waals surface area contributed by atoms with Gasteiger partial charge in [-0.2, -0.15) is 0 Å². The first-order chi connectivity index (χ1) is 13.8. The zero-order valence-electron chi connectivity index (χ0n) is 16.6. The van der Waals surface area contributed by atoms with E-state index >= 15 is 0 Å². The molecule has 0 aromatic heterocycles. The Morgan fingerprint density at radius 3 is 2.45 bits per heavy atom. The van der Waals surface area contributed by atoms with E-state index in [2.05, 4.69) is 4.72 Å². The second-order valence-electron chi connectivity index (χ2n) is 7.09. The molecule has 0 radical (unpaired) electrons. The van der Waals surface area contributed by atoms with Crippen molar-refractivity contribution in [3.8, 4) is 0 Å². The Morgan fingerprint density at radius 2 is 1.79 bits per heavy atom. The molecule has 1 aliphatic rings. The van der Waals surface area contributed by atoms with Crippen molar-refractivity contribution >= 4 is 45.0 Å². The van der Waals surface area contributed by atoms with Crippen LogP contribution in [0, 0.1) is 6.92 Å². The average Bonchev–Trinajstić information content (AvgIpc) is 3.00. The third-order valence-electron chi connectivity index (χ3n) is 5.12. The maximum absolute atomic E-state index is 13.1. The Labute approximate surface area is 181 Å². The maximum Gasteiger partial charge on any atom is 0.261 e. The maximum atomic E-state index is 13.1. The molecule has 0 bridgehead atoms. The van der Waals surface area contributed by atoms with Gasteiger partial charge in [0.05, 0.1) is 16.1 Å². The molecule has 0 unspecified atom stereocenters. The lowest BCUT2D eigenvalue weighted by Crippen LogP contribution is -2.32. The van der Waals surface area contributed by atoms with Crippen molar-refractivity contribution in [2.45, 2.75) is 42.4 Å². The van der Waals surface area contributed by atoms with Crippen LogP contribution in [0.25, 0.3) is 0 Å². The van der Waals surface area contributed by atoms with Gasteiger partial charge in [-0.15, -0.1) is 11.8 Å². The number of likely N-dealkylation sites (tertiary alicyclic amines) is 1. The van der Waals surface area contributed by atoms with E-state index in [1.165, 1.54) is 23.9 Å². The van der Waals surface area contributed by atoms with E-state index in [0.717, 1.165) is 30.6 Å². The van der Waals surface area contributed by atoms with Crippen LogP contribution in [-0.2, 0) is 10.0 Å². The number of nitrogens with one attached hydrogen (secondary N) is 1. The fraction of sp³-hybridized carbons (Fsp3) is 0.381. The van der Waals surface area contributed by atoms with Crippen LogP contribution in [0.5, 0.6) is 0 Å². The zero-order chi connectivity index (χ0) is 21.0. The van der Waals surface area contributed by atoms with Crippen molar-refractivity contribution in [3.63, 3.8) is 0 Å². The Hall–Kier alpha value is -1.70. The van der Waals surface area contributed by atoms with Crippen LogP contribution < -0.4 is 4.72 Å². The molecule has 2 aromatic rings. The van der Waals surface area contributed by atoms with Gasteiger partial charge in [-0.1, -0.05) is 30.5 Å². The highest BCUT2D eigenvalue weighted by atomic mass is 35.5. The fourth-order valence-corrected chi connectivity index (χ4v) is 5.28. The fourth-order valence-electron chi connectivity index (χ4n) is 3.39. The monoisotopic (exact) mass is 452 g/mol. The van der Waals surface area contributed by atoms with E-state index in [1.807, 2.05) is 11.2 Å². The van der Waals surface area contributed by atoms with Crippen molar-refractivity contribution in [3.05, 3.63) is 52.5 Å². The van der Waals surface area contributed by atoms with Gasteiger partial charge in [0.25, 0.3) is 15.9 Å². The number of rotatable bonds is 5. The number of hydrogen-bond acceptors (Lipinski definition) is 4. The molecule has 29 heavy (non-hydrogen) atoms. The molecule has 5 nitrogen and oxygen atoms in total. The smallest absolute Gasteiger partial charge is 0.261 e. The quantitative estimate of drug-likeness (QED) is 0.634. The molecule has 1 fully saturated rings. The summed E-state index contributed by atoms with van der Waals surface area (Å²) in [6.07, 6.45) is 6.09. The number of benzene rings is 2. The molecule has 0 aliphatic carbocycles. The van der Waals surface area contributed by atoms with Gasteiger partial charge in [-0.05, 0) is 61.9 Å². The van der Waals surface area contributed by atoms with E-state index in [0.29, 0.717) is 34.9 Å². The van der Waals surface area contributed by atoms with Crippen molar-refractivity contribution in [2.24, 2.45) is 0 Å². The van der Waals surface area contributed by atoms with E-state index in [4.69, 9.17) is 11.6 Å². The van der Waals surface area contributed by atoms with E-state index < -0.39 is 10.0 Å². The van der Waals surface area contributed by atoms with Gasteiger partial charge in [-0.25, -0.2) is 8.42 Å². The third kappa shape index (κ3) is 5.08. The zero-order valence-corrected chi connectivity index (χ0v) is 19.0. The average molecular weight is 453 g/mol. The number of hydrogen-bond donors (Lipinski definition) is 1. The lowest BCUT2D eigenvalue weighted by atomic mass is 10.2. The number of sulfonamides is 1. The molecule has 1 heterocycles. The van der Waals surface area contributed by atoms with Crippen LogP contribution in [0.1, 0.15) is 41.6 Å². The normalized spacial score (nSPS) is 15.1. The number of carbonyl (C=O) groups excluding carboxylic acids is 1. The summed E-state index contributed by atoms with van der Waals surface area (Å²) >= 11 is 7.55. The molecule has 0 saturated carbocycles. The van der Waals surface area contributed by atoms with Crippen LogP contribution in [-0.4, -0.2) is 38.6 Å². The molecule has 0 atom stereocenters. The van der Waals surface area contributed by atoms with Crippen LogP contribution in [0.15, 0.2) is 46.2 Å². The minimum atomic E-state index is -3.86. The lowest BCUT2D eigenvalue weighted by molar-refractivity contribution is 0.0758. The summed E-state index contributed by atoms with van der Waals surface area (Å²) in [4.78, 5) is 15.8. The van der Waals surface area contributed by atoms with Gasteiger partial charge < -0.3 is 4.90 Å². The highest BCUT2D eigenvalue weighted by Gasteiger charge is 2.24. The summed E-state index contributed by atoms with van der Waals surface area (Å²) in [5, 5.41) is 0.486. The third-order valence-corrected chi connectivity index (χ3v) is 7.69. The highest BCUT2D eigenvalue weighted by molar-refractivity contribution is 7.98. The number of anilines is 1. The topological polar surface area (TPSA) is 66.5 Å². The second-order valence-corrected chi connectivity index (χ2v) is 10.0. The van der Waals surface area contributed by atoms with Gasteiger partial charge in [-0.3, -0.25) is 9.52 Å². The Morgan fingerprint density at radius 1 is 1.10 bits per heavy atom. The first kappa shape index (κ1) is 22.0.